The van der Waals surface area contributed by atoms with Crippen molar-refractivity contribution in [2.75, 3.05) is 31.6 Å². The number of anilines is 1. The van der Waals surface area contributed by atoms with Crippen molar-refractivity contribution in [2.24, 2.45) is 0 Å². The van der Waals surface area contributed by atoms with Crippen LogP contribution >= 0.6 is 0 Å². The first-order chi connectivity index (χ1) is 16.4. The minimum atomic E-state index is -4.51. The molecule has 1 atom stereocenters. The second-order valence-corrected chi connectivity index (χ2v) is 10.2. The molecule has 34 heavy (non-hydrogen) atoms. The standard InChI is InChI=1S/C25H29F3N4O2/c26-25(27,28)16-7-8-19(20(33)10-16)23-21-14-3-5-15(6-4-14)22(21)24(31-30-23)29-17-2-1-9-32(11-17)18-12-34-13-18/h7-8,10,14-15,17-18,33H,1-6,9,11-13H2,(H,29,31)/t14?,15?,17-/m1/s1. The normalized spacial score (nSPS) is 27.3. The average molecular weight is 475 g/mol. The number of benzene rings is 1. The number of aromatic hydroxyl groups is 1. The average Bonchev–Trinajstić information content (AvgIpc) is 2.79. The van der Waals surface area contributed by atoms with Gasteiger partial charge in [0.1, 0.15) is 11.4 Å². The van der Waals surface area contributed by atoms with Crippen LogP contribution in [0.5, 0.6) is 5.75 Å². The summed E-state index contributed by atoms with van der Waals surface area (Å²) in [6.07, 6.45) is 1.93. The van der Waals surface area contributed by atoms with Crippen molar-refractivity contribution in [1.82, 2.24) is 15.1 Å². The fourth-order valence-electron chi connectivity index (χ4n) is 6.26. The summed E-state index contributed by atoms with van der Waals surface area (Å²) in [7, 11) is 0. The molecule has 6 nitrogen and oxygen atoms in total. The Morgan fingerprint density at radius 2 is 1.74 bits per heavy atom. The number of phenols is 1. The number of hydrogen-bond donors (Lipinski definition) is 2. The molecule has 2 aromatic rings. The SMILES string of the molecule is Oc1cc(C(F)(F)F)ccc1-c1nnc(N[C@@H]2CCCN(C3COC3)C2)c2c1C1CCC2CC1. The van der Waals surface area contributed by atoms with E-state index >= 15 is 0 Å². The van der Waals surface area contributed by atoms with Crippen molar-refractivity contribution >= 4 is 5.82 Å². The molecule has 2 saturated heterocycles. The van der Waals surface area contributed by atoms with Crippen LogP contribution in [0.3, 0.4) is 0 Å². The molecule has 9 heteroatoms. The number of likely N-dealkylation sites (tertiary alicyclic amines) is 1. The third kappa shape index (κ3) is 3.82. The molecule has 1 aromatic heterocycles. The van der Waals surface area contributed by atoms with E-state index in [1.165, 1.54) is 6.07 Å². The molecule has 182 valence electrons. The first kappa shape index (κ1) is 22.1. The van der Waals surface area contributed by atoms with Crippen LogP contribution < -0.4 is 5.32 Å². The molecule has 3 heterocycles. The second-order valence-electron chi connectivity index (χ2n) is 10.2. The van der Waals surface area contributed by atoms with Gasteiger partial charge in [-0.3, -0.25) is 4.90 Å². The number of fused-ring (bicyclic) bond motifs is 2. The van der Waals surface area contributed by atoms with Crippen LogP contribution in [0.1, 0.15) is 67.1 Å². The van der Waals surface area contributed by atoms with Crippen LogP contribution in [-0.2, 0) is 10.9 Å². The number of piperidine rings is 1. The third-order valence-corrected chi connectivity index (χ3v) is 8.10. The van der Waals surface area contributed by atoms with Gasteiger partial charge < -0.3 is 15.2 Å². The lowest BCUT2D eigenvalue weighted by molar-refractivity contribution is -0.137. The molecular formula is C25H29F3N4O2. The molecule has 5 aliphatic rings. The lowest BCUT2D eigenvalue weighted by Gasteiger charge is -2.43. The molecule has 7 rings (SSSR count). The zero-order chi connectivity index (χ0) is 23.4. The number of phenolic OH excluding ortho intramolecular Hbond substituents is 1. The van der Waals surface area contributed by atoms with Crippen molar-refractivity contribution in [2.45, 2.75) is 68.6 Å². The van der Waals surface area contributed by atoms with Gasteiger partial charge >= 0.3 is 6.18 Å². The van der Waals surface area contributed by atoms with Crippen molar-refractivity contribution in [1.29, 1.82) is 0 Å². The maximum Gasteiger partial charge on any atom is 0.416 e. The van der Waals surface area contributed by atoms with Gasteiger partial charge in [-0.25, -0.2) is 0 Å². The minimum absolute atomic E-state index is 0.276. The van der Waals surface area contributed by atoms with Crippen molar-refractivity contribution in [3.05, 3.63) is 34.9 Å². The molecule has 2 N–H and O–H groups in total. The number of aromatic nitrogens is 2. The lowest BCUT2D eigenvalue weighted by atomic mass is 9.66. The Bertz CT molecular complexity index is 1080. The Labute approximate surface area is 196 Å². The molecule has 1 saturated carbocycles. The number of nitrogens with one attached hydrogen (secondary N) is 1. The van der Waals surface area contributed by atoms with Gasteiger partial charge in [-0.15, -0.1) is 10.2 Å². The van der Waals surface area contributed by atoms with Crippen LogP contribution in [0.4, 0.5) is 19.0 Å². The molecule has 0 spiro atoms. The summed E-state index contributed by atoms with van der Waals surface area (Å²) in [5, 5.41) is 23.3. The van der Waals surface area contributed by atoms with Gasteiger partial charge in [-0.05, 0) is 80.7 Å². The quantitative estimate of drug-likeness (QED) is 0.657. The summed E-state index contributed by atoms with van der Waals surface area (Å²) in [5.74, 6) is 1.08. The highest BCUT2D eigenvalue weighted by molar-refractivity contribution is 5.74. The smallest absolute Gasteiger partial charge is 0.416 e. The van der Waals surface area contributed by atoms with E-state index in [1.807, 2.05) is 0 Å². The molecule has 3 fully saturated rings. The van der Waals surface area contributed by atoms with E-state index in [4.69, 9.17) is 4.74 Å². The van der Waals surface area contributed by atoms with Gasteiger partial charge in [0, 0.05) is 23.7 Å². The van der Waals surface area contributed by atoms with Crippen LogP contribution in [0.15, 0.2) is 18.2 Å². The molecular weight excluding hydrogens is 445 g/mol. The lowest BCUT2D eigenvalue weighted by Crippen LogP contribution is -2.54. The van der Waals surface area contributed by atoms with E-state index in [-0.39, 0.29) is 6.04 Å². The maximum absolute atomic E-state index is 13.1. The topological polar surface area (TPSA) is 70.5 Å². The molecule has 3 aliphatic carbocycles. The number of hydrogen-bond acceptors (Lipinski definition) is 6. The second kappa shape index (κ2) is 8.37. The number of halogens is 3. The molecule has 0 amide bonds. The van der Waals surface area contributed by atoms with Crippen LogP contribution in [0.2, 0.25) is 0 Å². The predicted octanol–water partition coefficient (Wildman–Crippen LogP) is 4.90. The number of alkyl halides is 3. The van der Waals surface area contributed by atoms with Gasteiger partial charge in [0.2, 0.25) is 0 Å². The minimum Gasteiger partial charge on any atom is -0.507 e. The third-order valence-electron chi connectivity index (χ3n) is 8.10. The Balaban J connectivity index is 1.35. The fraction of sp³-hybridized carbons (Fsp3) is 0.600. The highest BCUT2D eigenvalue weighted by atomic mass is 19.4. The summed E-state index contributed by atoms with van der Waals surface area (Å²) in [4.78, 5) is 2.49. The molecule has 0 unspecified atom stereocenters. The zero-order valence-corrected chi connectivity index (χ0v) is 18.9. The highest BCUT2D eigenvalue weighted by Gasteiger charge is 2.40. The highest BCUT2D eigenvalue weighted by Crippen LogP contribution is 2.54. The predicted molar refractivity (Wildman–Crippen MR) is 121 cm³/mol. The first-order valence-electron chi connectivity index (χ1n) is 12.3. The molecule has 2 aliphatic heterocycles. The van der Waals surface area contributed by atoms with Crippen molar-refractivity contribution in [3.63, 3.8) is 0 Å². The Morgan fingerprint density at radius 3 is 2.38 bits per heavy atom. The maximum atomic E-state index is 13.1. The molecule has 1 aromatic carbocycles. The Morgan fingerprint density at radius 1 is 1.00 bits per heavy atom. The fourth-order valence-corrected chi connectivity index (χ4v) is 6.26. The van der Waals surface area contributed by atoms with Crippen molar-refractivity contribution < 1.29 is 23.0 Å². The van der Waals surface area contributed by atoms with Gasteiger partial charge in [0.15, 0.2) is 5.82 Å². The molecule has 2 bridgehead atoms. The van der Waals surface area contributed by atoms with Gasteiger partial charge in [-0.2, -0.15) is 13.2 Å². The van der Waals surface area contributed by atoms with E-state index in [0.717, 1.165) is 93.9 Å². The van der Waals surface area contributed by atoms with Gasteiger partial charge in [-0.1, -0.05) is 0 Å². The number of nitrogens with zero attached hydrogens (tertiary/aromatic N) is 3. The summed E-state index contributed by atoms with van der Waals surface area (Å²) in [6, 6.07) is 3.91. The Kier molecular flexibility index (Phi) is 5.44. The van der Waals surface area contributed by atoms with Crippen molar-refractivity contribution in [3.8, 4) is 17.0 Å². The zero-order valence-electron chi connectivity index (χ0n) is 18.9. The van der Waals surface area contributed by atoms with Crippen LogP contribution in [-0.4, -0.2) is 58.6 Å². The van der Waals surface area contributed by atoms with E-state index in [1.54, 1.807) is 0 Å². The summed E-state index contributed by atoms with van der Waals surface area (Å²) in [5.41, 5.74) is 2.21. The van der Waals surface area contributed by atoms with Crippen LogP contribution in [0, 0.1) is 0 Å². The van der Waals surface area contributed by atoms with Gasteiger partial charge in [0.25, 0.3) is 0 Å². The van der Waals surface area contributed by atoms with E-state index in [2.05, 4.69) is 20.4 Å². The summed E-state index contributed by atoms with van der Waals surface area (Å²) in [6.45, 7) is 3.64. The van der Waals surface area contributed by atoms with Crippen LogP contribution in [0.25, 0.3) is 11.3 Å². The van der Waals surface area contributed by atoms with E-state index in [0.29, 0.717) is 29.1 Å². The first-order valence-corrected chi connectivity index (χ1v) is 12.3. The largest absolute Gasteiger partial charge is 0.507 e. The molecule has 0 radical (unpaired) electrons. The van der Waals surface area contributed by atoms with E-state index < -0.39 is 17.5 Å². The van der Waals surface area contributed by atoms with E-state index in [9.17, 15) is 18.3 Å². The summed E-state index contributed by atoms with van der Waals surface area (Å²) >= 11 is 0. The number of ether oxygens (including phenoxy) is 1. The number of rotatable bonds is 4. The summed E-state index contributed by atoms with van der Waals surface area (Å²) < 4.78 is 44.7. The Hall–Kier alpha value is -2.39. The monoisotopic (exact) mass is 474 g/mol. The van der Waals surface area contributed by atoms with Gasteiger partial charge in [0.05, 0.1) is 24.8 Å².